The monoisotopic (exact) mass is 137 g/mol. The summed E-state index contributed by atoms with van der Waals surface area (Å²) in [5.74, 6) is 0. The standard InChI is InChI=1S/C7H11N3/c8-5-10-7-4-2-1-3-6(7)9/h1-4,10H,5,8-9H2. The van der Waals surface area contributed by atoms with Gasteiger partial charge in [0.05, 0.1) is 18.0 Å². The van der Waals surface area contributed by atoms with Crippen molar-refractivity contribution in [3.8, 4) is 0 Å². The first-order valence-corrected chi connectivity index (χ1v) is 3.13. The molecule has 0 saturated heterocycles. The van der Waals surface area contributed by atoms with Crippen molar-refractivity contribution in [1.29, 1.82) is 0 Å². The first kappa shape index (κ1) is 6.89. The van der Waals surface area contributed by atoms with Crippen LogP contribution in [-0.2, 0) is 0 Å². The Morgan fingerprint density at radius 1 is 1.30 bits per heavy atom. The fraction of sp³-hybridized carbons (Fsp3) is 0.143. The summed E-state index contributed by atoms with van der Waals surface area (Å²) in [6.07, 6.45) is 0. The van der Waals surface area contributed by atoms with Crippen LogP contribution in [0.2, 0.25) is 0 Å². The van der Waals surface area contributed by atoms with Crippen molar-refractivity contribution in [1.82, 2.24) is 0 Å². The van der Waals surface area contributed by atoms with Gasteiger partial charge < -0.3 is 16.8 Å². The number of nitrogen functional groups attached to an aromatic ring is 1. The van der Waals surface area contributed by atoms with Gasteiger partial charge in [0.25, 0.3) is 0 Å². The molecule has 0 heterocycles. The number of rotatable bonds is 2. The highest BCUT2D eigenvalue weighted by molar-refractivity contribution is 5.65. The van der Waals surface area contributed by atoms with Gasteiger partial charge in [-0.25, -0.2) is 0 Å². The van der Waals surface area contributed by atoms with Gasteiger partial charge in [0.2, 0.25) is 0 Å². The molecule has 0 fully saturated rings. The van der Waals surface area contributed by atoms with E-state index in [1.165, 1.54) is 0 Å². The minimum Gasteiger partial charge on any atom is -0.397 e. The molecule has 0 aromatic heterocycles. The number of nitrogens with two attached hydrogens (primary N) is 2. The number of para-hydroxylation sites is 2. The first-order chi connectivity index (χ1) is 4.84. The average molecular weight is 137 g/mol. The number of anilines is 2. The zero-order valence-corrected chi connectivity index (χ0v) is 5.67. The summed E-state index contributed by atoms with van der Waals surface area (Å²) in [4.78, 5) is 0. The van der Waals surface area contributed by atoms with Gasteiger partial charge in [0.15, 0.2) is 0 Å². The Labute approximate surface area is 60.0 Å². The molecule has 5 N–H and O–H groups in total. The lowest BCUT2D eigenvalue weighted by atomic mass is 10.3. The van der Waals surface area contributed by atoms with Gasteiger partial charge in [0, 0.05) is 0 Å². The van der Waals surface area contributed by atoms with E-state index >= 15 is 0 Å². The van der Waals surface area contributed by atoms with Crippen molar-refractivity contribution in [2.45, 2.75) is 0 Å². The minimum atomic E-state index is 0.411. The van der Waals surface area contributed by atoms with Crippen LogP contribution in [0.15, 0.2) is 24.3 Å². The third-order valence-corrected chi connectivity index (χ3v) is 1.25. The Kier molecular flexibility index (Phi) is 2.12. The predicted octanol–water partition coefficient (Wildman–Crippen LogP) is 0.597. The van der Waals surface area contributed by atoms with Gasteiger partial charge in [-0.05, 0) is 12.1 Å². The molecule has 0 saturated carbocycles. The Bertz CT molecular complexity index is 210. The SMILES string of the molecule is NCNc1ccccc1N. The Morgan fingerprint density at radius 3 is 2.60 bits per heavy atom. The van der Waals surface area contributed by atoms with Crippen LogP contribution in [0.4, 0.5) is 11.4 Å². The van der Waals surface area contributed by atoms with E-state index in [-0.39, 0.29) is 0 Å². The molecule has 1 aromatic carbocycles. The predicted molar refractivity (Wildman–Crippen MR) is 43.5 cm³/mol. The van der Waals surface area contributed by atoms with Crippen molar-refractivity contribution >= 4 is 11.4 Å². The normalized spacial score (nSPS) is 9.30. The van der Waals surface area contributed by atoms with Crippen LogP contribution in [0, 0.1) is 0 Å². The van der Waals surface area contributed by atoms with Crippen LogP contribution in [0.5, 0.6) is 0 Å². The highest BCUT2D eigenvalue weighted by atomic mass is 15.0. The molecule has 0 radical (unpaired) electrons. The van der Waals surface area contributed by atoms with Gasteiger partial charge >= 0.3 is 0 Å². The summed E-state index contributed by atoms with van der Waals surface area (Å²) in [7, 11) is 0. The average Bonchev–Trinajstić information content (AvgIpc) is 1.94. The third kappa shape index (κ3) is 1.39. The maximum atomic E-state index is 5.59. The molecular formula is C7H11N3. The van der Waals surface area contributed by atoms with Gasteiger partial charge in [-0.15, -0.1) is 0 Å². The molecule has 0 aliphatic rings. The summed E-state index contributed by atoms with van der Waals surface area (Å²) in [6, 6.07) is 7.52. The van der Waals surface area contributed by atoms with Gasteiger partial charge in [0.1, 0.15) is 0 Å². The number of hydrogen-bond acceptors (Lipinski definition) is 3. The summed E-state index contributed by atoms with van der Waals surface area (Å²) in [5.41, 5.74) is 12.5. The molecule has 10 heavy (non-hydrogen) atoms. The van der Waals surface area contributed by atoms with E-state index < -0.39 is 0 Å². The van der Waals surface area contributed by atoms with E-state index in [2.05, 4.69) is 5.32 Å². The Morgan fingerprint density at radius 2 is 2.00 bits per heavy atom. The summed E-state index contributed by atoms with van der Waals surface area (Å²) in [6.45, 7) is 0.411. The van der Waals surface area contributed by atoms with Crippen molar-refractivity contribution in [3.63, 3.8) is 0 Å². The maximum Gasteiger partial charge on any atom is 0.0628 e. The second-order valence-electron chi connectivity index (χ2n) is 1.97. The van der Waals surface area contributed by atoms with E-state index in [9.17, 15) is 0 Å². The zero-order chi connectivity index (χ0) is 7.40. The number of benzene rings is 1. The molecular weight excluding hydrogens is 126 g/mol. The maximum absolute atomic E-state index is 5.59. The molecule has 1 rings (SSSR count). The lowest BCUT2D eigenvalue weighted by molar-refractivity contribution is 1.15. The second kappa shape index (κ2) is 3.08. The van der Waals surface area contributed by atoms with Crippen molar-refractivity contribution in [2.75, 3.05) is 17.7 Å². The number of nitrogens with one attached hydrogen (secondary N) is 1. The molecule has 0 aliphatic carbocycles. The highest BCUT2D eigenvalue weighted by Crippen LogP contribution is 2.15. The van der Waals surface area contributed by atoms with Crippen LogP contribution < -0.4 is 16.8 Å². The molecule has 54 valence electrons. The lowest BCUT2D eigenvalue weighted by Gasteiger charge is -2.04. The lowest BCUT2D eigenvalue weighted by Crippen LogP contribution is -2.11. The summed E-state index contributed by atoms with van der Waals surface area (Å²) in [5, 5.41) is 2.93. The van der Waals surface area contributed by atoms with Crippen LogP contribution in [-0.4, -0.2) is 6.67 Å². The van der Waals surface area contributed by atoms with E-state index in [0.717, 1.165) is 11.4 Å². The van der Waals surface area contributed by atoms with Crippen molar-refractivity contribution < 1.29 is 0 Å². The largest absolute Gasteiger partial charge is 0.397 e. The highest BCUT2D eigenvalue weighted by Gasteiger charge is 1.91. The van der Waals surface area contributed by atoms with Crippen LogP contribution in [0.3, 0.4) is 0 Å². The molecule has 0 aliphatic heterocycles. The van der Waals surface area contributed by atoms with Crippen LogP contribution in [0.1, 0.15) is 0 Å². The third-order valence-electron chi connectivity index (χ3n) is 1.25. The van der Waals surface area contributed by atoms with Gasteiger partial charge in [-0.1, -0.05) is 12.1 Å². The minimum absolute atomic E-state index is 0.411. The fourth-order valence-corrected chi connectivity index (χ4v) is 0.768. The quantitative estimate of drug-likeness (QED) is 0.413. The second-order valence-corrected chi connectivity index (χ2v) is 1.97. The van der Waals surface area contributed by atoms with E-state index in [4.69, 9.17) is 11.5 Å². The van der Waals surface area contributed by atoms with Gasteiger partial charge in [-0.2, -0.15) is 0 Å². The fourth-order valence-electron chi connectivity index (χ4n) is 0.768. The molecule has 0 spiro atoms. The zero-order valence-electron chi connectivity index (χ0n) is 5.67. The van der Waals surface area contributed by atoms with Crippen LogP contribution in [0.25, 0.3) is 0 Å². The molecule has 1 aromatic rings. The molecule has 0 bridgehead atoms. The topological polar surface area (TPSA) is 64.1 Å². The molecule has 3 heteroatoms. The van der Waals surface area contributed by atoms with Crippen molar-refractivity contribution in [3.05, 3.63) is 24.3 Å². The van der Waals surface area contributed by atoms with E-state index in [0.29, 0.717) is 6.67 Å². The Hall–Kier alpha value is -1.22. The molecule has 3 nitrogen and oxygen atoms in total. The molecule has 0 amide bonds. The number of hydrogen-bond donors (Lipinski definition) is 3. The summed E-state index contributed by atoms with van der Waals surface area (Å²) < 4.78 is 0. The molecule has 0 unspecified atom stereocenters. The smallest absolute Gasteiger partial charge is 0.0628 e. The Balaban J connectivity index is 2.81. The first-order valence-electron chi connectivity index (χ1n) is 3.13. The molecule has 0 atom stereocenters. The van der Waals surface area contributed by atoms with E-state index in [1.807, 2.05) is 24.3 Å². The van der Waals surface area contributed by atoms with E-state index in [1.54, 1.807) is 0 Å². The van der Waals surface area contributed by atoms with Gasteiger partial charge in [-0.3, -0.25) is 0 Å². The summed E-state index contributed by atoms with van der Waals surface area (Å²) >= 11 is 0. The van der Waals surface area contributed by atoms with Crippen molar-refractivity contribution in [2.24, 2.45) is 5.73 Å². The van der Waals surface area contributed by atoms with Crippen LogP contribution >= 0.6 is 0 Å².